The predicted octanol–water partition coefficient (Wildman–Crippen LogP) is 5.11. The summed E-state index contributed by atoms with van der Waals surface area (Å²) in [5.41, 5.74) is 1.12. The molecule has 3 aromatic rings. The van der Waals surface area contributed by atoms with E-state index in [2.05, 4.69) is 42.0 Å². The molecule has 0 spiro atoms. The van der Waals surface area contributed by atoms with Crippen molar-refractivity contribution in [3.05, 3.63) is 67.6 Å². The number of ether oxygens (including phenoxy) is 1. The maximum absolute atomic E-state index is 12.4. The highest BCUT2D eigenvalue weighted by atomic mass is 35.5. The minimum absolute atomic E-state index is 0.204. The monoisotopic (exact) mass is 632 g/mol. The second-order valence-corrected chi connectivity index (χ2v) is 12.3. The van der Waals surface area contributed by atoms with Crippen LogP contribution in [0.15, 0.2) is 46.1 Å². The van der Waals surface area contributed by atoms with E-state index in [-0.39, 0.29) is 17.5 Å². The van der Waals surface area contributed by atoms with Gasteiger partial charge in [-0.15, -0.1) is 13.2 Å². The number of hydrogen-bond acceptors (Lipinski definition) is 9. The number of piperidine rings is 1. The molecule has 2 N–H and O–H groups in total. The molecule has 1 aliphatic carbocycles. The highest BCUT2D eigenvalue weighted by molar-refractivity contribution is 6.33. The fourth-order valence-corrected chi connectivity index (χ4v) is 6.61. The van der Waals surface area contributed by atoms with Gasteiger partial charge in [0.25, 0.3) is 10.9 Å². The van der Waals surface area contributed by atoms with Crippen molar-refractivity contribution in [3.63, 3.8) is 0 Å². The number of likely N-dealkylation sites (tertiary alicyclic amines) is 1. The summed E-state index contributed by atoms with van der Waals surface area (Å²) in [6.07, 6.45) is 2.00. The van der Waals surface area contributed by atoms with Gasteiger partial charge in [0.1, 0.15) is 22.9 Å². The lowest BCUT2D eigenvalue weighted by Crippen LogP contribution is -2.58. The maximum Gasteiger partial charge on any atom is 0.573 e. The van der Waals surface area contributed by atoms with Crippen molar-refractivity contribution in [1.82, 2.24) is 14.8 Å². The number of halogens is 4. The molecule has 6 rings (SSSR count). The van der Waals surface area contributed by atoms with E-state index in [4.69, 9.17) is 11.6 Å². The second kappa shape index (κ2) is 12.6. The van der Waals surface area contributed by atoms with Crippen molar-refractivity contribution in [2.45, 2.75) is 70.1 Å². The van der Waals surface area contributed by atoms with E-state index < -0.39 is 17.2 Å². The van der Waals surface area contributed by atoms with Crippen LogP contribution in [-0.4, -0.2) is 72.0 Å². The molecule has 2 saturated heterocycles. The summed E-state index contributed by atoms with van der Waals surface area (Å²) in [7, 11) is 0. The molecule has 3 aliphatic rings. The summed E-state index contributed by atoms with van der Waals surface area (Å²) in [6, 6.07) is 8.93. The van der Waals surface area contributed by atoms with E-state index in [0.29, 0.717) is 40.8 Å². The summed E-state index contributed by atoms with van der Waals surface area (Å²) in [4.78, 5) is 36.0. The lowest BCUT2D eigenvalue weighted by Gasteiger charge is -2.47. The Hall–Kier alpha value is -3.35. The smallest absolute Gasteiger partial charge is 0.406 e. The molecular weight excluding hydrogens is 597 g/mol. The zero-order valence-corrected chi connectivity index (χ0v) is 25.3. The minimum atomic E-state index is -4.69. The molecule has 2 aliphatic heterocycles. The number of nitrogens with one attached hydrogen (secondary N) is 2. The van der Waals surface area contributed by atoms with Crippen LogP contribution in [0.5, 0.6) is 5.75 Å². The number of hydrogen-bond donors (Lipinski definition) is 2. The molecule has 0 bridgehead atoms. The Morgan fingerprint density at radius 2 is 1.70 bits per heavy atom. The molecule has 3 heterocycles. The molecule has 1 unspecified atom stereocenters. The molecule has 3 fully saturated rings. The average Bonchev–Trinajstić information content (AvgIpc) is 3.84. The first kappa shape index (κ1) is 30.7. The molecule has 1 aromatic heterocycles. The number of pyridine rings is 1. The van der Waals surface area contributed by atoms with Gasteiger partial charge in [0, 0.05) is 44.3 Å². The van der Waals surface area contributed by atoms with Crippen molar-refractivity contribution >= 4 is 34.5 Å². The summed E-state index contributed by atoms with van der Waals surface area (Å²) in [5, 5.41) is 6.64. The van der Waals surface area contributed by atoms with Crippen molar-refractivity contribution in [2.24, 2.45) is 0 Å². The molecule has 9 nitrogen and oxygen atoms in total. The lowest BCUT2D eigenvalue weighted by atomic mass is 9.98. The third kappa shape index (κ3) is 6.97. The third-order valence-corrected chi connectivity index (χ3v) is 9.09. The summed E-state index contributed by atoms with van der Waals surface area (Å²) >= 11 is 6.69. The van der Waals surface area contributed by atoms with Crippen molar-refractivity contribution in [1.29, 1.82) is 0 Å². The molecule has 44 heavy (non-hydrogen) atoms. The quantitative estimate of drug-likeness (QED) is 0.296. The normalized spacial score (nSPS) is 20.7. The van der Waals surface area contributed by atoms with Crippen molar-refractivity contribution < 1.29 is 17.9 Å². The summed E-state index contributed by atoms with van der Waals surface area (Å²) in [5.74, 6) is 0.502. The lowest BCUT2D eigenvalue weighted by molar-refractivity contribution is -0.274. The van der Waals surface area contributed by atoms with Gasteiger partial charge in [-0.2, -0.15) is 0 Å². The fourth-order valence-electron chi connectivity index (χ4n) is 6.33. The van der Waals surface area contributed by atoms with E-state index in [1.54, 1.807) is 24.4 Å². The van der Waals surface area contributed by atoms with Crippen LogP contribution in [-0.2, 0) is 6.54 Å². The van der Waals surface area contributed by atoms with E-state index in [1.807, 2.05) is 0 Å². The molecule has 2 aromatic carbocycles. The van der Waals surface area contributed by atoms with Crippen LogP contribution in [0.2, 0.25) is 5.02 Å². The number of benzene rings is 1. The second-order valence-electron chi connectivity index (χ2n) is 11.9. The molecule has 13 heteroatoms. The minimum Gasteiger partial charge on any atom is -0.406 e. The van der Waals surface area contributed by atoms with E-state index >= 15 is 0 Å². The molecule has 0 amide bonds. The van der Waals surface area contributed by atoms with Gasteiger partial charge in [0.15, 0.2) is 0 Å². The van der Waals surface area contributed by atoms with Crippen LogP contribution >= 0.6 is 11.6 Å². The number of anilines is 4. The zero-order valence-electron chi connectivity index (χ0n) is 24.5. The number of rotatable bonds is 10. The van der Waals surface area contributed by atoms with Crippen LogP contribution in [0.25, 0.3) is 0 Å². The largest absolute Gasteiger partial charge is 0.573 e. The highest BCUT2D eigenvalue weighted by Gasteiger charge is 2.35. The van der Waals surface area contributed by atoms with Crippen LogP contribution in [0.1, 0.15) is 44.6 Å². The Kier molecular flexibility index (Phi) is 8.76. The van der Waals surface area contributed by atoms with E-state index in [1.165, 1.54) is 12.1 Å². The average molecular weight is 633 g/mol. The van der Waals surface area contributed by atoms with Gasteiger partial charge in [-0.1, -0.05) is 30.7 Å². The number of alkyl halides is 3. The predicted molar refractivity (Wildman–Crippen MR) is 165 cm³/mol. The Bertz CT molecular complexity index is 1530. The highest BCUT2D eigenvalue weighted by Crippen LogP contribution is 2.33. The van der Waals surface area contributed by atoms with Gasteiger partial charge in [0.05, 0.1) is 16.9 Å². The molecular formula is C31H36ClF3N6O3. The van der Waals surface area contributed by atoms with Crippen LogP contribution < -0.4 is 31.1 Å². The van der Waals surface area contributed by atoms with Crippen molar-refractivity contribution in [2.75, 3.05) is 48.3 Å². The summed E-state index contributed by atoms with van der Waals surface area (Å²) < 4.78 is 41.3. The molecule has 236 valence electrons. The van der Waals surface area contributed by atoms with Gasteiger partial charge in [-0.25, -0.2) is 4.98 Å². The van der Waals surface area contributed by atoms with E-state index in [0.717, 1.165) is 70.4 Å². The fraction of sp³-hybridized carbons (Fsp3) is 0.516. The SMILES string of the molecule is CCC1CN(c2ncc(Nc3c(NC4CC4)c(=O)c3=O)cc2Cl)CCN1C1CCN(Cc2ccc(OC(F)(F)F)cc2)CC1. The van der Waals surface area contributed by atoms with Crippen LogP contribution in [0.4, 0.5) is 36.1 Å². The first-order valence-electron chi connectivity index (χ1n) is 15.2. The number of piperazine rings is 1. The van der Waals surface area contributed by atoms with Crippen LogP contribution in [0.3, 0.4) is 0 Å². The Morgan fingerprint density at radius 3 is 2.34 bits per heavy atom. The Morgan fingerprint density at radius 1 is 1.00 bits per heavy atom. The van der Waals surface area contributed by atoms with Gasteiger partial charge in [-0.3, -0.25) is 19.4 Å². The van der Waals surface area contributed by atoms with Crippen LogP contribution in [0, 0.1) is 0 Å². The first-order valence-corrected chi connectivity index (χ1v) is 15.6. The first-order chi connectivity index (χ1) is 21.1. The number of nitrogens with zero attached hydrogens (tertiary/aromatic N) is 4. The maximum atomic E-state index is 12.4. The Balaban J connectivity index is 1.01. The standard InChI is InChI=1S/C31H36ClF3N6O3/c1-2-22-18-40(30-25(32)15-21(16-36-30)38-27-26(28(42)29(27)43)37-20-5-6-20)13-14-41(22)23-9-11-39(12-10-23)17-19-3-7-24(8-4-19)44-31(33,34)35/h3-4,7-8,15-16,20,22-23,37-38H,2,5-6,9-14,17-18H2,1H3. The summed E-state index contributed by atoms with van der Waals surface area (Å²) in [6.45, 7) is 7.22. The molecule has 0 radical (unpaired) electrons. The third-order valence-electron chi connectivity index (χ3n) is 8.82. The number of aromatic nitrogens is 1. The van der Waals surface area contributed by atoms with Gasteiger partial charge < -0.3 is 20.3 Å². The molecule has 1 saturated carbocycles. The zero-order chi connectivity index (χ0) is 31.0. The van der Waals surface area contributed by atoms with Gasteiger partial charge in [-0.05, 0) is 69.0 Å². The van der Waals surface area contributed by atoms with Gasteiger partial charge >= 0.3 is 6.36 Å². The van der Waals surface area contributed by atoms with Crippen molar-refractivity contribution in [3.8, 4) is 5.75 Å². The van der Waals surface area contributed by atoms with E-state index in [9.17, 15) is 22.8 Å². The molecule has 1 atom stereocenters. The van der Waals surface area contributed by atoms with Gasteiger partial charge in [0.2, 0.25) is 0 Å². The topological polar surface area (TPSA) is 90.0 Å². The Labute approximate surface area is 258 Å².